The van der Waals surface area contributed by atoms with Gasteiger partial charge in [-0.3, -0.25) is 4.79 Å². The fraction of sp³-hybridized carbons (Fsp3) is 0.889. The summed E-state index contributed by atoms with van der Waals surface area (Å²) in [7, 11) is 1.58. The Morgan fingerprint density at radius 3 is 1.63 bits per heavy atom. The number of ether oxygens (including phenoxy) is 1. The van der Waals surface area contributed by atoms with Crippen molar-refractivity contribution in [2.75, 3.05) is 35.5 Å². The van der Waals surface area contributed by atoms with E-state index in [1.165, 1.54) is 21.3 Å². The predicted octanol–water partition coefficient (Wildman–Crippen LogP) is 1.26. The lowest BCUT2D eigenvalue weighted by Crippen LogP contribution is -2.06. The monoisotopic (exact) mass is 320 g/mol. The third kappa shape index (κ3) is 12.3. The summed E-state index contributed by atoms with van der Waals surface area (Å²) in [5.41, 5.74) is 0. The number of methoxy groups -OCH3 is 1. The van der Waals surface area contributed by atoms with Gasteiger partial charge in [-0.25, -0.2) is 0 Å². The first-order valence-corrected chi connectivity index (χ1v) is 7.53. The second-order valence-electron chi connectivity index (χ2n) is 2.53. The van der Waals surface area contributed by atoms with Gasteiger partial charge in [0.1, 0.15) is 0 Å². The van der Waals surface area contributed by atoms with Crippen molar-refractivity contribution in [3.8, 4) is 0 Å². The van der Waals surface area contributed by atoms with Crippen LogP contribution in [0.5, 0.6) is 0 Å². The van der Waals surface area contributed by atoms with Gasteiger partial charge in [-0.15, -0.1) is 9.05 Å². The van der Waals surface area contributed by atoms with Crippen molar-refractivity contribution in [1.29, 1.82) is 0 Å². The maximum atomic E-state index is 11.3. The van der Waals surface area contributed by atoms with E-state index in [2.05, 4.69) is 13.8 Å². The Morgan fingerprint density at radius 1 is 1.00 bits per heavy atom. The molecule has 0 aliphatic rings. The molecule has 0 saturated heterocycles. The summed E-state index contributed by atoms with van der Waals surface area (Å²) in [6.07, 6.45) is 0.189. The van der Waals surface area contributed by atoms with E-state index < -0.39 is 27.4 Å². The Labute approximate surface area is 114 Å². The van der Waals surface area contributed by atoms with Gasteiger partial charge in [-0.1, -0.05) is 0 Å². The number of hydrogen-bond acceptors (Lipinski definition) is 8. The van der Waals surface area contributed by atoms with Crippen molar-refractivity contribution in [2.45, 2.75) is 18.2 Å². The zero-order chi connectivity index (χ0) is 15.8. The van der Waals surface area contributed by atoms with Crippen LogP contribution in [0.2, 0.25) is 0 Å². The van der Waals surface area contributed by atoms with E-state index in [0.717, 1.165) is 14.2 Å². The average molecular weight is 320 g/mol. The van der Waals surface area contributed by atoms with Crippen molar-refractivity contribution in [2.24, 2.45) is 0 Å². The molecule has 2 atom stereocenters. The third-order valence-electron chi connectivity index (χ3n) is 1.68. The molecule has 0 heterocycles. The average Bonchev–Trinajstić information content (AvgIpc) is 2.50. The number of aliphatic hydroxyl groups is 2. The molecule has 0 saturated carbocycles. The molecule has 0 aromatic carbocycles. The van der Waals surface area contributed by atoms with Gasteiger partial charge in [-0.2, -0.15) is 0 Å². The van der Waals surface area contributed by atoms with Gasteiger partial charge < -0.3 is 14.9 Å². The van der Waals surface area contributed by atoms with Gasteiger partial charge in [-0.05, 0) is 9.13 Å². The highest BCUT2D eigenvalue weighted by molar-refractivity contribution is 7.58. The first-order chi connectivity index (χ1) is 9.06. The normalized spacial score (nSPS) is 11.9. The summed E-state index contributed by atoms with van der Waals surface area (Å²) >= 11 is 0. The molecule has 0 fully saturated rings. The standard InChI is InChI=1S/C7H14O6P2.2CH4O/c1-11-6(8)4-5-7(14(9)12-2)15(10)13-3;2*1-2/h7H,4-5H2,1-3H3;2*2H,1H3/q+2;;. The third-order valence-corrected chi connectivity index (χ3v) is 5.02. The summed E-state index contributed by atoms with van der Waals surface area (Å²) in [6.45, 7) is 0. The smallest absolute Gasteiger partial charge is 0.469 e. The van der Waals surface area contributed by atoms with E-state index in [1.54, 1.807) is 0 Å². The Bertz CT molecular complexity index is 243. The van der Waals surface area contributed by atoms with Crippen molar-refractivity contribution >= 4 is 22.0 Å². The molecule has 0 aliphatic heterocycles. The van der Waals surface area contributed by atoms with E-state index >= 15 is 0 Å². The number of carbonyl (C=O) groups is 1. The number of hydrogen-bond donors (Lipinski definition) is 2. The van der Waals surface area contributed by atoms with Gasteiger partial charge in [0.25, 0.3) is 0 Å². The molecule has 0 rings (SSSR count). The topological polar surface area (TPSA) is 119 Å². The van der Waals surface area contributed by atoms with Crippen LogP contribution in [0, 0.1) is 0 Å². The lowest BCUT2D eigenvalue weighted by molar-refractivity contribution is -0.140. The zero-order valence-corrected chi connectivity index (χ0v) is 13.5. The molecule has 0 bridgehead atoms. The summed E-state index contributed by atoms with van der Waals surface area (Å²) in [6, 6.07) is 0. The zero-order valence-electron chi connectivity index (χ0n) is 11.7. The van der Waals surface area contributed by atoms with E-state index in [0.29, 0.717) is 0 Å². The van der Waals surface area contributed by atoms with Crippen LogP contribution in [0.15, 0.2) is 0 Å². The summed E-state index contributed by atoms with van der Waals surface area (Å²) in [5, 5.41) is 13.2. The van der Waals surface area contributed by atoms with Gasteiger partial charge in [0.15, 0.2) is 0 Å². The SMILES string of the molecule is CO.CO.COC(=O)CCC([P+](=O)OC)[P+](=O)OC. The Kier molecular flexibility index (Phi) is 21.7. The van der Waals surface area contributed by atoms with Gasteiger partial charge in [0.2, 0.25) is 0 Å². The van der Waals surface area contributed by atoms with Gasteiger partial charge >= 0.3 is 27.4 Å². The highest BCUT2D eigenvalue weighted by Crippen LogP contribution is 2.47. The van der Waals surface area contributed by atoms with E-state index in [-0.39, 0.29) is 12.8 Å². The number of rotatable bonds is 7. The maximum Gasteiger partial charge on any atom is 0.566 e. The van der Waals surface area contributed by atoms with Crippen LogP contribution in [0.4, 0.5) is 0 Å². The fourth-order valence-corrected chi connectivity index (χ4v) is 3.23. The minimum Gasteiger partial charge on any atom is -0.469 e. The summed E-state index contributed by atoms with van der Waals surface area (Å²) < 4.78 is 36.3. The molecule has 114 valence electrons. The molecule has 10 heteroatoms. The number of esters is 1. The Hall–Kier alpha value is -0.490. The second kappa shape index (κ2) is 17.5. The Morgan fingerprint density at radius 2 is 1.37 bits per heavy atom. The maximum absolute atomic E-state index is 11.3. The lowest BCUT2D eigenvalue weighted by Gasteiger charge is -1.95. The number of aliphatic hydroxyl groups excluding tert-OH is 2. The van der Waals surface area contributed by atoms with E-state index in [9.17, 15) is 13.9 Å². The van der Waals surface area contributed by atoms with Crippen molar-refractivity contribution in [3.05, 3.63) is 0 Å². The van der Waals surface area contributed by atoms with Crippen molar-refractivity contribution in [1.82, 2.24) is 0 Å². The van der Waals surface area contributed by atoms with Crippen LogP contribution in [0.3, 0.4) is 0 Å². The molecular formula is C9H22O8P2+2. The lowest BCUT2D eigenvalue weighted by atomic mass is 10.3. The van der Waals surface area contributed by atoms with Crippen LogP contribution < -0.4 is 0 Å². The summed E-state index contributed by atoms with van der Waals surface area (Å²) in [5.74, 6) is -0.445. The fourth-order valence-electron chi connectivity index (χ4n) is 0.880. The van der Waals surface area contributed by atoms with Crippen molar-refractivity contribution < 1.29 is 37.9 Å². The van der Waals surface area contributed by atoms with Crippen LogP contribution >= 0.6 is 16.1 Å². The first kappa shape index (κ1) is 23.6. The molecule has 2 unspecified atom stereocenters. The minimum atomic E-state index is -2.09. The molecule has 0 radical (unpaired) electrons. The molecule has 0 spiro atoms. The molecule has 0 aliphatic carbocycles. The molecule has 19 heavy (non-hydrogen) atoms. The molecular weight excluding hydrogens is 298 g/mol. The van der Waals surface area contributed by atoms with Gasteiger partial charge in [0.05, 0.1) is 34.2 Å². The van der Waals surface area contributed by atoms with Crippen LogP contribution in [0.25, 0.3) is 0 Å². The van der Waals surface area contributed by atoms with Crippen LogP contribution in [-0.4, -0.2) is 57.1 Å². The highest BCUT2D eigenvalue weighted by atomic mass is 31.2. The largest absolute Gasteiger partial charge is 0.566 e. The molecule has 2 N–H and O–H groups in total. The van der Waals surface area contributed by atoms with E-state index in [1.807, 2.05) is 0 Å². The molecule has 8 nitrogen and oxygen atoms in total. The summed E-state index contributed by atoms with van der Waals surface area (Å²) in [4.78, 5) is 10.8. The van der Waals surface area contributed by atoms with E-state index in [4.69, 9.17) is 10.2 Å². The number of carbonyl (C=O) groups excluding carboxylic acids is 1. The van der Waals surface area contributed by atoms with Crippen LogP contribution in [0.1, 0.15) is 12.8 Å². The van der Waals surface area contributed by atoms with Crippen LogP contribution in [-0.2, 0) is 27.7 Å². The molecule has 0 amide bonds. The molecule has 0 aromatic rings. The second-order valence-corrected chi connectivity index (χ2v) is 6.06. The van der Waals surface area contributed by atoms with Gasteiger partial charge in [0, 0.05) is 14.2 Å². The Balaban J connectivity index is -0.000000579. The first-order valence-electron chi connectivity index (χ1n) is 5.04. The minimum absolute atomic E-state index is 0.0377. The quantitative estimate of drug-likeness (QED) is 0.531. The highest BCUT2D eigenvalue weighted by Gasteiger charge is 2.50. The molecule has 0 aromatic heterocycles. The predicted molar refractivity (Wildman–Crippen MR) is 70.6 cm³/mol. The van der Waals surface area contributed by atoms with Crippen molar-refractivity contribution in [3.63, 3.8) is 0 Å².